The third-order valence-electron chi connectivity index (χ3n) is 5.72. The number of hydrogen-bond donors (Lipinski definition) is 1. The number of amides is 3. The molecule has 4 rings (SSSR count). The first kappa shape index (κ1) is 17.0. The van der Waals surface area contributed by atoms with Crippen LogP contribution in [0.25, 0.3) is 0 Å². The minimum absolute atomic E-state index is 0.00165. The molecule has 2 saturated heterocycles. The van der Waals surface area contributed by atoms with Crippen LogP contribution in [-0.4, -0.2) is 65.0 Å². The van der Waals surface area contributed by atoms with E-state index in [9.17, 15) is 9.59 Å². The maximum Gasteiger partial charge on any atom is 0.326 e. The second-order valence-electron chi connectivity index (χ2n) is 7.42. The lowest BCUT2D eigenvalue weighted by Gasteiger charge is -2.36. The molecule has 25 heavy (non-hydrogen) atoms. The molecule has 6 nitrogen and oxygen atoms in total. The zero-order valence-corrected chi connectivity index (χ0v) is 15.4. The first-order valence-electron chi connectivity index (χ1n) is 9.27. The number of thiophene rings is 1. The summed E-state index contributed by atoms with van der Waals surface area (Å²) in [6, 6.07) is 4.07. The summed E-state index contributed by atoms with van der Waals surface area (Å²) < 4.78 is 0. The van der Waals surface area contributed by atoms with E-state index in [4.69, 9.17) is 0 Å². The molecule has 3 heterocycles. The fourth-order valence-electron chi connectivity index (χ4n) is 4.21. The van der Waals surface area contributed by atoms with Crippen LogP contribution in [-0.2, 0) is 11.3 Å². The van der Waals surface area contributed by atoms with Crippen LogP contribution in [0, 0.1) is 0 Å². The molecule has 0 unspecified atom stereocenters. The summed E-state index contributed by atoms with van der Waals surface area (Å²) in [7, 11) is 0. The zero-order chi connectivity index (χ0) is 17.3. The van der Waals surface area contributed by atoms with Gasteiger partial charge in [-0.2, -0.15) is 0 Å². The quantitative estimate of drug-likeness (QED) is 0.833. The second-order valence-corrected chi connectivity index (χ2v) is 8.45. The molecule has 1 aromatic heterocycles. The SMILES string of the molecule is O=C1NC2(CCCCC2)C(=O)N1CN1CCN(Cc2cccs2)CC1. The van der Waals surface area contributed by atoms with Crippen molar-refractivity contribution in [2.24, 2.45) is 0 Å². The van der Waals surface area contributed by atoms with Crippen molar-refractivity contribution in [2.45, 2.75) is 44.2 Å². The molecule has 1 saturated carbocycles. The lowest BCUT2D eigenvalue weighted by Crippen LogP contribution is -2.52. The molecule has 0 atom stereocenters. The fraction of sp³-hybridized carbons (Fsp3) is 0.667. The van der Waals surface area contributed by atoms with Gasteiger partial charge < -0.3 is 5.32 Å². The molecule has 1 N–H and O–H groups in total. The Morgan fingerprint density at radius 2 is 1.76 bits per heavy atom. The van der Waals surface area contributed by atoms with Crippen LogP contribution in [0.2, 0.25) is 0 Å². The third kappa shape index (κ3) is 3.45. The molecule has 0 bridgehead atoms. The minimum atomic E-state index is -0.601. The van der Waals surface area contributed by atoms with E-state index in [1.807, 2.05) is 0 Å². The van der Waals surface area contributed by atoms with Gasteiger partial charge in [-0.1, -0.05) is 25.3 Å². The fourth-order valence-corrected chi connectivity index (χ4v) is 4.96. The van der Waals surface area contributed by atoms with E-state index < -0.39 is 5.54 Å². The van der Waals surface area contributed by atoms with Gasteiger partial charge in [-0.25, -0.2) is 9.69 Å². The molecule has 0 radical (unpaired) electrons. The largest absolute Gasteiger partial charge is 0.326 e. The van der Waals surface area contributed by atoms with E-state index in [-0.39, 0.29) is 11.9 Å². The van der Waals surface area contributed by atoms with Gasteiger partial charge >= 0.3 is 6.03 Å². The van der Waals surface area contributed by atoms with Crippen LogP contribution in [0.1, 0.15) is 37.0 Å². The van der Waals surface area contributed by atoms with Crippen LogP contribution in [0.3, 0.4) is 0 Å². The Kier molecular flexibility index (Phi) is 4.80. The van der Waals surface area contributed by atoms with E-state index in [2.05, 4.69) is 32.6 Å². The zero-order valence-electron chi connectivity index (χ0n) is 14.6. The number of carbonyl (C=O) groups is 2. The number of carbonyl (C=O) groups excluding carboxylic acids is 2. The average molecular weight is 362 g/mol. The smallest absolute Gasteiger partial charge is 0.323 e. The van der Waals surface area contributed by atoms with Crippen molar-refractivity contribution in [1.29, 1.82) is 0 Å². The van der Waals surface area contributed by atoms with Crippen molar-refractivity contribution in [1.82, 2.24) is 20.0 Å². The number of urea groups is 1. The van der Waals surface area contributed by atoms with Crippen molar-refractivity contribution < 1.29 is 9.59 Å². The molecular weight excluding hydrogens is 336 g/mol. The summed E-state index contributed by atoms with van der Waals surface area (Å²) in [5, 5.41) is 5.11. The summed E-state index contributed by atoms with van der Waals surface area (Å²) >= 11 is 1.80. The Morgan fingerprint density at radius 1 is 1.04 bits per heavy atom. The second kappa shape index (κ2) is 7.05. The number of piperazine rings is 1. The van der Waals surface area contributed by atoms with Gasteiger partial charge in [-0.15, -0.1) is 11.3 Å². The molecular formula is C18H26N4O2S. The van der Waals surface area contributed by atoms with Gasteiger partial charge in [0.15, 0.2) is 0 Å². The lowest BCUT2D eigenvalue weighted by molar-refractivity contribution is -0.134. The molecule has 2 aliphatic heterocycles. The monoisotopic (exact) mass is 362 g/mol. The average Bonchev–Trinajstić information content (AvgIpc) is 3.20. The normalized spacial score (nSPS) is 24.9. The highest BCUT2D eigenvalue weighted by Gasteiger charge is 2.51. The molecule has 3 fully saturated rings. The maximum absolute atomic E-state index is 12.8. The van der Waals surface area contributed by atoms with Gasteiger partial charge in [0.1, 0.15) is 5.54 Å². The molecule has 1 aromatic rings. The topological polar surface area (TPSA) is 55.9 Å². The van der Waals surface area contributed by atoms with Crippen molar-refractivity contribution in [3.05, 3.63) is 22.4 Å². The van der Waals surface area contributed by atoms with E-state index in [0.717, 1.165) is 64.8 Å². The van der Waals surface area contributed by atoms with Gasteiger partial charge in [0.25, 0.3) is 5.91 Å². The van der Waals surface area contributed by atoms with Gasteiger partial charge in [0, 0.05) is 37.6 Å². The van der Waals surface area contributed by atoms with Crippen molar-refractivity contribution >= 4 is 23.3 Å². The van der Waals surface area contributed by atoms with Crippen LogP contribution >= 0.6 is 11.3 Å². The predicted octanol–water partition coefficient (Wildman–Crippen LogP) is 2.08. The minimum Gasteiger partial charge on any atom is -0.323 e. The maximum atomic E-state index is 12.8. The van der Waals surface area contributed by atoms with Gasteiger partial charge in [0.05, 0.1) is 6.67 Å². The summed E-state index contributed by atoms with van der Waals surface area (Å²) in [6.45, 7) is 5.18. The molecule has 0 aromatic carbocycles. The standard InChI is InChI=1S/C18H26N4O2S/c23-16-18(6-2-1-3-7-18)19-17(24)22(16)14-21-10-8-20(9-11-21)13-15-5-4-12-25-15/h4-5,12H,1-3,6-11,13-14H2,(H,19,24). The number of rotatable bonds is 4. The van der Waals surface area contributed by atoms with E-state index in [1.165, 1.54) is 9.78 Å². The number of nitrogens with zero attached hydrogens (tertiary/aromatic N) is 3. The number of imide groups is 1. The summed E-state index contributed by atoms with van der Waals surface area (Å²) in [5.74, 6) is -0.00165. The van der Waals surface area contributed by atoms with Gasteiger partial charge in [0.2, 0.25) is 0 Å². The predicted molar refractivity (Wildman–Crippen MR) is 97.2 cm³/mol. The Bertz CT molecular complexity index is 619. The van der Waals surface area contributed by atoms with Crippen molar-refractivity contribution in [3.8, 4) is 0 Å². The van der Waals surface area contributed by atoms with Crippen LogP contribution in [0.15, 0.2) is 17.5 Å². The van der Waals surface area contributed by atoms with Crippen LogP contribution in [0.4, 0.5) is 4.79 Å². The van der Waals surface area contributed by atoms with Gasteiger partial charge in [-0.05, 0) is 24.3 Å². The highest BCUT2D eigenvalue weighted by atomic mass is 32.1. The highest BCUT2D eigenvalue weighted by Crippen LogP contribution is 2.33. The van der Waals surface area contributed by atoms with Crippen LogP contribution in [0.5, 0.6) is 0 Å². The van der Waals surface area contributed by atoms with E-state index >= 15 is 0 Å². The third-order valence-corrected chi connectivity index (χ3v) is 6.58. The summed E-state index contributed by atoms with van der Waals surface area (Å²) in [4.78, 5) is 32.7. The lowest BCUT2D eigenvalue weighted by atomic mass is 9.82. The number of hydrogen-bond acceptors (Lipinski definition) is 5. The van der Waals surface area contributed by atoms with Crippen molar-refractivity contribution in [3.63, 3.8) is 0 Å². The van der Waals surface area contributed by atoms with E-state index in [0.29, 0.717) is 6.67 Å². The summed E-state index contributed by atoms with van der Waals surface area (Å²) in [5.41, 5.74) is -0.601. The molecule has 1 aliphatic carbocycles. The number of nitrogens with one attached hydrogen (secondary N) is 1. The Labute approximate surface area is 152 Å². The molecule has 3 aliphatic rings. The first-order valence-corrected chi connectivity index (χ1v) is 10.2. The first-order chi connectivity index (χ1) is 12.2. The van der Waals surface area contributed by atoms with E-state index in [1.54, 1.807) is 11.3 Å². The Hall–Kier alpha value is -1.44. The molecule has 7 heteroatoms. The molecule has 3 amide bonds. The highest BCUT2D eigenvalue weighted by molar-refractivity contribution is 7.09. The van der Waals surface area contributed by atoms with Crippen molar-refractivity contribution in [2.75, 3.05) is 32.8 Å². The molecule has 1 spiro atoms. The Balaban J connectivity index is 1.31. The Morgan fingerprint density at radius 3 is 2.44 bits per heavy atom. The van der Waals surface area contributed by atoms with Gasteiger partial charge in [-0.3, -0.25) is 14.6 Å². The summed E-state index contributed by atoms with van der Waals surface area (Å²) in [6.07, 6.45) is 4.81. The van der Waals surface area contributed by atoms with Crippen LogP contribution < -0.4 is 5.32 Å². The molecule has 136 valence electrons.